The van der Waals surface area contributed by atoms with E-state index in [9.17, 15) is 9.59 Å². The fourth-order valence-electron chi connectivity index (χ4n) is 1.75. The lowest BCUT2D eigenvalue weighted by Crippen LogP contribution is -2.24. The summed E-state index contributed by atoms with van der Waals surface area (Å²) in [7, 11) is 0. The zero-order valence-corrected chi connectivity index (χ0v) is 13.6. The van der Waals surface area contributed by atoms with Crippen LogP contribution in [0, 0.1) is 11.8 Å². The van der Waals surface area contributed by atoms with E-state index in [1.54, 1.807) is 6.07 Å². The molecule has 0 aliphatic carbocycles. The Morgan fingerprint density at radius 3 is 2.65 bits per heavy atom. The van der Waals surface area contributed by atoms with E-state index in [1.165, 1.54) is 18.3 Å². The van der Waals surface area contributed by atoms with Crippen LogP contribution >= 0.6 is 11.3 Å². The lowest BCUT2D eigenvalue weighted by Gasteiger charge is -2.05. The van der Waals surface area contributed by atoms with E-state index in [1.807, 2.05) is 36.4 Å². The quantitative estimate of drug-likeness (QED) is 0.518. The number of thiophene rings is 1. The highest BCUT2D eigenvalue weighted by atomic mass is 32.1. The molecule has 1 aromatic carbocycles. The van der Waals surface area contributed by atoms with Crippen molar-refractivity contribution in [3.63, 3.8) is 0 Å². The minimum absolute atomic E-state index is 0.0471. The molecular weight excluding hydrogens is 310 g/mol. The topological polar surface area (TPSA) is 55.4 Å². The number of ether oxygens (including phenoxy) is 1. The van der Waals surface area contributed by atoms with Crippen LogP contribution in [0.5, 0.6) is 0 Å². The molecule has 5 heteroatoms. The van der Waals surface area contributed by atoms with Gasteiger partial charge in [-0.2, -0.15) is 0 Å². The van der Waals surface area contributed by atoms with E-state index in [0.717, 1.165) is 10.4 Å². The number of benzene rings is 1. The Bertz CT molecular complexity index is 725. The van der Waals surface area contributed by atoms with Crippen LogP contribution in [-0.2, 0) is 11.3 Å². The number of hydrogen-bond acceptors (Lipinski definition) is 4. The SMILES string of the molecule is CC(=O)c1ccc(C#CCCNC(=O)OCc2ccccc2)s1. The molecule has 2 rings (SSSR count). The average molecular weight is 327 g/mol. The zero-order valence-electron chi connectivity index (χ0n) is 12.8. The van der Waals surface area contributed by atoms with Crippen LogP contribution in [0.15, 0.2) is 42.5 Å². The van der Waals surface area contributed by atoms with Gasteiger partial charge in [-0.25, -0.2) is 4.79 Å². The molecule has 0 aliphatic rings. The van der Waals surface area contributed by atoms with Gasteiger partial charge in [0.25, 0.3) is 0 Å². The molecule has 1 aromatic heterocycles. The molecular formula is C18H17NO3S. The molecule has 0 radical (unpaired) electrons. The summed E-state index contributed by atoms with van der Waals surface area (Å²) in [5, 5.41) is 2.65. The Balaban J connectivity index is 1.66. The first kappa shape index (κ1) is 16.8. The van der Waals surface area contributed by atoms with E-state index >= 15 is 0 Å². The smallest absolute Gasteiger partial charge is 0.407 e. The number of Topliss-reactive ketones (excluding diaryl/α,β-unsaturated/α-hetero) is 1. The van der Waals surface area contributed by atoms with Crippen molar-refractivity contribution in [2.24, 2.45) is 0 Å². The second-order valence-electron chi connectivity index (χ2n) is 4.76. The summed E-state index contributed by atoms with van der Waals surface area (Å²) in [6.07, 6.45) is 0.0685. The Kier molecular flexibility index (Phi) is 6.40. The number of ketones is 1. The molecule has 0 aliphatic heterocycles. The maximum absolute atomic E-state index is 11.5. The molecule has 118 valence electrons. The molecule has 0 saturated carbocycles. The van der Waals surface area contributed by atoms with E-state index in [-0.39, 0.29) is 12.4 Å². The van der Waals surface area contributed by atoms with Crippen molar-refractivity contribution in [3.8, 4) is 11.8 Å². The van der Waals surface area contributed by atoms with Crippen LogP contribution in [0.1, 0.15) is 33.5 Å². The fraction of sp³-hybridized carbons (Fsp3) is 0.222. The zero-order chi connectivity index (χ0) is 16.5. The van der Waals surface area contributed by atoms with Crippen molar-refractivity contribution in [2.45, 2.75) is 20.0 Å². The summed E-state index contributed by atoms with van der Waals surface area (Å²) in [6, 6.07) is 13.1. The summed E-state index contributed by atoms with van der Waals surface area (Å²) in [5.41, 5.74) is 0.946. The summed E-state index contributed by atoms with van der Waals surface area (Å²) in [4.78, 5) is 24.2. The number of nitrogens with one attached hydrogen (secondary N) is 1. The lowest BCUT2D eigenvalue weighted by molar-refractivity contribution is 0.102. The van der Waals surface area contributed by atoms with Gasteiger partial charge >= 0.3 is 6.09 Å². The highest BCUT2D eigenvalue weighted by molar-refractivity contribution is 7.14. The summed E-state index contributed by atoms with van der Waals surface area (Å²) in [6.45, 7) is 2.21. The standard InChI is InChI=1S/C18H17NO3S/c1-14(20)17-11-10-16(23-17)9-5-6-12-19-18(21)22-13-15-7-3-2-4-8-15/h2-4,7-8,10-11H,6,12-13H2,1H3,(H,19,21). The molecule has 0 bridgehead atoms. The summed E-state index contributed by atoms with van der Waals surface area (Å²) in [5.74, 6) is 5.98. The maximum Gasteiger partial charge on any atom is 0.407 e. The number of rotatable bonds is 5. The van der Waals surface area contributed by atoms with Gasteiger partial charge < -0.3 is 10.1 Å². The van der Waals surface area contributed by atoms with E-state index < -0.39 is 6.09 Å². The lowest BCUT2D eigenvalue weighted by atomic mass is 10.2. The van der Waals surface area contributed by atoms with Crippen LogP contribution in [0.4, 0.5) is 4.79 Å². The largest absolute Gasteiger partial charge is 0.445 e. The van der Waals surface area contributed by atoms with Gasteiger partial charge in [-0.3, -0.25) is 4.79 Å². The van der Waals surface area contributed by atoms with Crippen LogP contribution in [0.2, 0.25) is 0 Å². The molecule has 1 N–H and O–H groups in total. The third kappa shape index (κ3) is 5.97. The second kappa shape index (κ2) is 8.76. The Morgan fingerprint density at radius 2 is 1.96 bits per heavy atom. The minimum atomic E-state index is -0.453. The maximum atomic E-state index is 11.5. The number of amides is 1. The van der Waals surface area contributed by atoms with Crippen molar-refractivity contribution in [2.75, 3.05) is 6.54 Å². The van der Waals surface area contributed by atoms with E-state index in [2.05, 4.69) is 17.2 Å². The van der Waals surface area contributed by atoms with Gasteiger partial charge in [0.1, 0.15) is 6.61 Å². The van der Waals surface area contributed by atoms with Crippen LogP contribution < -0.4 is 5.32 Å². The summed E-state index contributed by atoms with van der Waals surface area (Å²) < 4.78 is 5.09. The molecule has 4 nitrogen and oxygen atoms in total. The van der Waals surface area contributed by atoms with Crippen LogP contribution in [-0.4, -0.2) is 18.4 Å². The number of alkyl carbamates (subject to hydrolysis) is 1. The Hall–Kier alpha value is -2.58. The van der Waals surface area contributed by atoms with Crippen molar-refractivity contribution >= 4 is 23.2 Å². The number of carbonyl (C=O) groups excluding carboxylic acids is 2. The molecule has 0 unspecified atom stereocenters. The Labute approximate surface area is 139 Å². The van der Waals surface area contributed by atoms with E-state index in [4.69, 9.17) is 4.74 Å². The van der Waals surface area contributed by atoms with Crippen molar-refractivity contribution < 1.29 is 14.3 Å². The number of carbonyl (C=O) groups is 2. The second-order valence-corrected chi connectivity index (χ2v) is 5.84. The minimum Gasteiger partial charge on any atom is -0.445 e. The van der Waals surface area contributed by atoms with Crippen molar-refractivity contribution in [1.82, 2.24) is 5.32 Å². The third-order valence-electron chi connectivity index (χ3n) is 2.90. The molecule has 2 aromatic rings. The predicted molar refractivity (Wildman–Crippen MR) is 90.4 cm³/mol. The average Bonchev–Trinajstić information content (AvgIpc) is 3.03. The monoisotopic (exact) mass is 327 g/mol. The molecule has 1 amide bonds. The normalized spacial score (nSPS) is 9.61. The predicted octanol–water partition coefficient (Wildman–Crippen LogP) is 3.62. The number of hydrogen-bond donors (Lipinski definition) is 1. The highest BCUT2D eigenvalue weighted by Gasteiger charge is 2.02. The molecule has 0 atom stereocenters. The van der Waals surface area contributed by atoms with Gasteiger partial charge in [0.05, 0.1) is 9.75 Å². The highest BCUT2D eigenvalue weighted by Crippen LogP contribution is 2.15. The van der Waals surface area contributed by atoms with Crippen molar-refractivity contribution in [3.05, 3.63) is 57.8 Å². The third-order valence-corrected chi connectivity index (χ3v) is 4.00. The van der Waals surface area contributed by atoms with Gasteiger partial charge in [-0.15, -0.1) is 11.3 Å². The molecule has 0 fully saturated rings. The van der Waals surface area contributed by atoms with Gasteiger partial charge in [-0.1, -0.05) is 42.2 Å². The Morgan fingerprint density at radius 1 is 1.17 bits per heavy atom. The first-order valence-corrected chi connectivity index (χ1v) is 8.01. The summed E-state index contributed by atoms with van der Waals surface area (Å²) >= 11 is 1.38. The van der Waals surface area contributed by atoms with Gasteiger partial charge in [0, 0.05) is 13.0 Å². The van der Waals surface area contributed by atoms with Crippen LogP contribution in [0.3, 0.4) is 0 Å². The molecule has 1 heterocycles. The first-order valence-electron chi connectivity index (χ1n) is 7.19. The van der Waals surface area contributed by atoms with Gasteiger partial charge in [0.15, 0.2) is 5.78 Å². The molecule has 23 heavy (non-hydrogen) atoms. The molecule has 0 spiro atoms. The van der Waals surface area contributed by atoms with Crippen LogP contribution in [0.25, 0.3) is 0 Å². The van der Waals surface area contributed by atoms with Gasteiger partial charge in [-0.05, 0) is 24.6 Å². The van der Waals surface area contributed by atoms with E-state index in [0.29, 0.717) is 17.8 Å². The molecule has 0 saturated heterocycles. The van der Waals surface area contributed by atoms with Crippen molar-refractivity contribution in [1.29, 1.82) is 0 Å². The van der Waals surface area contributed by atoms with Gasteiger partial charge in [0.2, 0.25) is 0 Å². The first-order chi connectivity index (χ1) is 11.1. The fourth-order valence-corrected chi connectivity index (χ4v) is 2.52.